The minimum atomic E-state index is -0.485. The van der Waals surface area contributed by atoms with Crippen molar-refractivity contribution in [2.45, 2.75) is 51.0 Å². The fraction of sp³-hybridized carbons (Fsp3) is 0.875. The molecule has 21 heavy (non-hydrogen) atoms. The van der Waals surface area contributed by atoms with Crippen LogP contribution in [0.5, 0.6) is 0 Å². The number of hydrogen-bond acceptors (Lipinski definition) is 3. The van der Waals surface area contributed by atoms with Gasteiger partial charge in [0.05, 0.1) is 17.9 Å². The maximum absolute atomic E-state index is 12.5. The highest BCUT2D eigenvalue weighted by molar-refractivity contribution is 5.82. The Morgan fingerprint density at radius 2 is 1.90 bits per heavy atom. The van der Waals surface area contributed by atoms with E-state index >= 15 is 0 Å². The van der Waals surface area contributed by atoms with E-state index in [2.05, 4.69) is 5.32 Å². The molecule has 2 aliphatic carbocycles. The predicted octanol–water partition coefficient (Wildman–Crippen LogP) is 0.912. The molecule has 0 bridgehead atoms. The van der Waals surface area contributed by atoms with Gasteiger partial charge in [0.2, 0.25) is 11.8 Å². The maximum Gasteiger partial charge on any atom is 0.228 e. The van der Waals surface area contributed by atoms with Gasteiger partial charge in [0.25, 0.3) is 0 Å². The average Bonchev–Trinajstić information content (AvgIpc) is 3.24. The van der Waals surface area contributed by atoms with Crippen molar-refractivity contribution in [2.75, 3.05) is 19.6 Å². The van der Waals surface area contributed by atoms with E-state index in [-0.39, 0.29) is 23.7 Å². The maximum atomic E-state index is 12.5. The summed E-state index contributed by atoms with van der Waals surface area (Å²) in [5.74, 6) is 0.535. The van der Waals surface area contributed by atoms with Gasteiger partial charge in [-0.25, -0.2) is 0 Å². The monoisotopic (exact) mass is 294 g/mol. The molecule has 5 heteroatoms. The molecule has 3 fully saturated rings. The van der Waals surface area contributed by atoms with E-state index in [0.29, 0.717) is 12.5 Å². The minimum Gasteiger partial charge on any atom is -0.392 e. The lowest BCUT2D eigenvalue weighted by molar-refractivity contribution is -0.141. The molecule has 1 heterocycles. The van der Waals surface area contributed by atoms with Crippen LogP contribution in [0.2, 0.25) is 0 Å². The van der Waals surface area contributed by atoms with Gasteiger partial charge in [-0.3, -0.25) is 9.59 Å². The normalized spacial score (nSPS) is 33.0. The molecule has 5 nitrogen and oxygen atoms in total. The standard InChI is InChI=1S/C16H26N2O3/c19-14-5-1-4-13(14)16(21)18-8-2-3-12(10-18)15(20)17-9-11-6-7-11/h11-14,19H,1-10H2,(H,17,20). The molecular weight excluding hydrogens is 268 g/mol. The van der Waals surface area contributed by atoms with Crippen LogP contribution in [0.25, 0.3) is 0 Å². The summed E-state index contributed by atoms with van der Waals surface area (Å²) in [5, 5.41) is 12.9. The number of likely N-dealkylation sites (tertiary alicyclic amines) is 1. The number of hydrogen-bond donors (Lipinski definition) is 2. The zero-order valence-corrected chi connectivity index (χ0v) is 12.6. The SMILES string of the molecule is O=C(NCC1CC1)C1CCCN(C(=O)C2CCCC2O)C1. The van der Waals surface area contributed by atoms with Gasteiger partial charge in [0, 0.05) is 19.6 Å². The smallest absolute Gasteiger partial charge is 0.228 e. The molecule has 0 spiro atoms. The van der Waals surface area contributed by atoms with Crippen molar-refractivity contribution < 1.29 is 14.7 Å². The van der Waals surface area contributed by atoms with Crippen molar-refractivity contribution in [2.24, 2.45) is 17.8 Å². The summed E-state index contributed by atoms with van der Waals surface area (Å²) in [6.07, 6.45) is 6.18. The van der Waals surface area contributed by atoms with Crippen molar-refractivity contribution in [3.63, 3.8) is 0 Å². The number of nitrogens with one attached hydrogen (secondary N) is 1. The van der Waals surface area contributed by atoms with Crippen LogP contribution < -0.4 is 5.32 Å². The van der Waals surface area contributed by atoms with Gasteiger partial charge in [-0.1, -0.05) is 0 Å². The molecule has 1 saturated heterocycles. The highest BCUT2D eigenvalue weighted by Crippen LogP contribution is 2.30. The third-order valence-electron chi connectivity index (χ3n) is 5.16. The largest absolute Gasteiger partial charge is 0.392 e. The van der Waals surface area contributed by atoms with Crippen molar-refractivity contribution >= 4 is 11.8 Å². The number of piperidine rings is 1. The van der Waals surface area contributed by atoms with Gasteiger partial charge in [-0.15, -0.1) is 0 Å². The molecule has 1 aliphatic heterocycles. The summed E-state index contributed by atoms with van der Waals surface area (Å²) in [5.41, 5.74) is 0. The molecule has 118 valence electrons. The van der Waals surface area contributed by atoms with Crippen molar-refractivity contribution in [1.29, 1.82) is 0 Å². The molecule has 0 aromatic heterocycles. The molecule has 0 radical (unpaired) electrons. The Morgan fingerprint density at radius 1 is 1.10 bits per heavy atom. The van der Waals surface area contributed by atoms with E-state index in [4.69, 9.17) is 0 Å². The quantitative estimate of drug-likeness (QED) is 0.810. The molecule has 3 aliphatic rings. The number of amides is 2. The van der Waals surface area contributed by atoms with E-state index in [0.717, 1.165) is 45.2 Å². The van der Waals surface area contributed by atoms with Crippen molar-refractivity contribution in [1.82, 2.24) is 10.2 Å². The average molecular weight is 294 g/mol. The Kier molecular flexibility index (Phi) is 4.48. The zero-order chi connectivity index (χ0) is 14.8. The Morgan fingerprint density at radius 3 is 2.57 bits per heavy atom. The molecule has 0 aromatic rings. The number of carbonyl (C=O) groups excluding carboxylic acids is 2. The molecule has 2 amide bonds. The number of nitrogens with zero attached hydrogens (tertiary/aromatic N) is 1. The highest BCUT2D eigenvalue weighted by Gasteiger charge is 2.37. The molecule has 0 aromatic carbocycles. The zero-order valence-electron chi connectivity index (χ0n) is 12.6. The summed E-state index contributed by atoms with van der Waals surface area (Å²) in [7, 11) is 0. The van der Waals surface area contributed by atoms with Crippen LogP contribution in [0.15, 0.2) is 0 Å². The molecule has 3 unspecified atom stereocenters. The van der Waals surface area contributed by atoms with Crippen LogP contribution in [0.1, 0.15) is 44.9 Å². The molecule has 2 N–H and O–H groups in total. The van der Waals surface area contributed by atoms with Gasteiger partial charge < -0.3 is 15.3 Å². The number of aliphatic hydroxyl groups is 1. The van der Waals surface area contributed by atoms with E-state index in [1.807, 2.05) is 4.90 Å². The lowest BCUT2D eigenvalue weighted by Crippen LogP contribution is -2.48. The van der Waals surface area contributed by atoms with Crippen LogP contribution in [0, 0.1) is 17.8 Å². The summed E-state index contributed by atoms with van der Waals surface area (Å²) in [6.45, 7) is 2.05. The second-order valence-electron chi connectivity index (χ2n) is 6.92. The van der Waals surface area contributed by atoms with Gasteiger partial charge in [-0.05, 0) is 50.9 Å². The topological polar surface area (TPSA) is 69.6 Å². The predicted molar refractivity (Wildman–Crippen MR) is 78.4 cm³/mol. The van der Waals surface area contributed by atoms with E-state index in [1.165, 1.54) is 12.8 Å². The second kappa shape index (κ2) is 6.34. The van der Waals surface area contributed by atoms with Gasteiger partial charge in [0.1, 0.15) is 0 Å². The first-order valence-corrected chi connectivity index (χ1v) is 8.39. The Labute approximate surface area is 126 Å². The van der Waals surface area contributed by atoms with Crippen LogP contribution in [-0.2, 0) is 9.59 Å². The summed E-state index contributed by atoms with van der Waals surface area (Å²) in [4.78, 5) is 26.5. The van der Waals surface area contributed by atoms with Crippen molar-refractivity contribution in [3.05, 3.63) is 0 Å². The lowest BCUT2D eigenvalue weighted by Gasteiger charge is -2.34. The summed E-state index contributed by atoms with van der Waals surface area (Å²) >= 11 is 0. The highest BCUT2D eigenvalue weighted by atomic mass is 16.3. The van der Waals surface area contributed by atoms with E-state index in [1.54, 1.807) is 0 Å². The van der Waals surface area contributed by atoms with Gasteiger partial charge >= 0.3 is 0 Å². The van der Waals surface area contributed by atoms with Crippen LogP contribution in [0.4, 0.5) is 0 Å². The Bertz CT molecular complexity index is 408. The fourth-order valence-corrected chi connectivity index (χ4v) is 3.57. The molecule has 3 rings (SSSR count). The van der Waals surface area contributed by atoms with Gasteiger partial charge in [0.15, 0.2) is 0 Å². The van der Waals surface area contributed by atoms with Crippen LogP contribution in [-0.4, -0.2) is 47.6 Å². The number of rotatable bonds is 4. The lowest BCUT2D eigenvalue weighted by atomic mass is 9.95. The summed E-state index contributed by atoms with van der Waals surface area (Å²) in [6, 6.07) is 0. The van der Waals surface area contributed by atoms with Crippen molar-refractivity contribution in [3.8, 4) is 0 Å². The molecule has 3 atom stereocenters. The number of carbonyl (C=O) groups is 2. The van der Waals surface area contributed by atoms with E-state index in [9.17, 15) is 14.7 Å². The van der Waals surface area contributed by atoms with Crippen LogP contribution in [0.3, 0.4) is 0 Å². The molecule has 2 saturated carbocycles. The number of aliphatic hydroxyl groups excluding tert-OH is 1. The first kappa shape index (κ1) is 14.8. The second-order valence-corrected chi connectivity index (χ2v) is 6.92. The van der Waals surface area contributed by atoms with E-state index < -0.39 is 6.10 Å². The summed E-state index contributed by atoms with van der Waals surface area (Å²) < 4.78 is 0. The molecular formula is C16H26N2O3. The minimum absolute atomic E-state index is 0.0553. The van der Waals surface area contributed by atoms with Gasteiger partial charge in [-0.2, -0.15) is 0 Å². The third kappa shape index (κ3) is 3.57. The van der Waals surface area contributed by atoms with Crippen LogP contribution >= 0.6 is 0 Å². The Hall–Kier alpha value is -1.10. The fourth-order valence-electron chi connectivity index (χ4n) is 3.57. The first-order chi connectivity index (χ1) is 10.1. The first-order valence-electron chi connectivity index (χ1n) is 8.39. The third-order valence-corrected chi connectivity index (χ3v) is 5.16. The Balaban J connectivity index is 1.52.